The lowest BCUT2D eigenvalue weighted by Gasteiger charge is -2.18. The molecule has 0 rings (SSSR count). The van der Waals surface area contributed by atoms with Crippen LogP contribution in [0.1, 0.15) is 438 Å². The number of rotatable bonds is 71. The fourth-order valence-corrected chi connectivity index (χ4v) is 11.9. The third-order valence-corrected chi connectivity index (χ3v) is 17.5. The summed E-state index contributed by atoms with van der Waals surface area (Å²) >= 11 is 0. The summed E-state index contributed by atoms with van der Waals surface area (Å²) in [6.45, 7) is 6.73. The average molecular weight is 1160 g/mol. The van der Waals surface area contributed by atoms with Crippen LogP contribution in [0.3, 0.4) is 0 Å². The van der Waals surface area contributed by atoms with Crippen LogP contribution in [0.15, 0.2) is 12.2 Å². The van der Waals surface area contributed by atoms with Crippen LogP contribution in [0, 0.1) is 0 Å². The maximum Gasteiger partial charge on any atom is 0.306 e. The van der Waals surface area contributed by atoms with Crippen LogP contribution in [0.5, 0.6) is 0 Å². The van der Waals surface area contributed by atoms with E-state index in [9.17, 15) is 14.4 Å². The summed E-state index contributed by atoms with van der Waals surface area (Å²) < 4.78 is 17.0. The van der Waals surface area contributed by atoms with Crippen molar-refractivity contribution in [2.45, 2.75) is 444 Å². The molecule has 1 atom stereocenters. The predicted molar refractivity (Wildman–Crippen MR) is 358 cm³/mol. The first-order valence-electron chi connectivity index (χ1n) is 37.7. The molecule has 0 spiro atoms. The number of unbranched alkanes of at least 4 members (excludes halogenated alkanes) is 58. The lowest BCUT2D eigenvalue weighted by molar-refractivity contribution is -0.167. The normalized spacial score (nSPS) is 12.0. The van der Waals surface area contributed by atoms with Crippen molar-refractivity contribution in [1.82, 2.24) is 0 Å². The Morgan fingerprint density at radius 1 is 0.232 bits per heavy atom. The molecule has 1 unspecified atom stereocenters. The first-order chi connectivity index (χ1) is 40.5. The Morgan fingerprint density at radius 2 is 0.402 bits per heavy atom. The van der Waals surface area contributed by atoms with Gasteiger partial charge in [-0.15, -0.1) is 0 Å². The topological polar surface area (TPSA) is 78.9 Å². The Labute approximate surface area is 513 Å². The Morgan fingerprint density at radius 3 is 0.610 bits per heavy atom. The van der Waals surface area contributed by atoms with Crippen molar-refractivity contribution in [3.63, 3.8) is 0 Å². The zero-order chi connectivity index (χ0) is 59.2. The zero-order valence-corrected chi connectivity index (χ0v) is 56.1. The molecule has 0 aromatic rings. The summed E-state index contributed by atoms with van der Waals surface area (Å²) in [5.74, 6) is -0.836. The van der Waals surface area contributed by atoms with Gasteiger partial charge in [-0.2, -0.15) is 0 Å². The van der Waals surface area contributed by atoms with Gasteiger partial charge in [-0.3, -0.25) is 14.4 Å². The molecule has 0 aliphatic heterocycles. The van der Waals surface area contributed by atoms with Gasteiger partial charge >= 0.3 is 17.9 Å². The van der Waals surface area contributed by atoms with E-state index in [1.165, 1.54) is 334 Å². The largest absolute Gasteiger partial charge is 0.462 e. The predicted octanol–water partition coefficient (Wildman–Crippen LogP) is 26.0. The van der Waals surface area contributed by atoms with Crippen molar-refractivity contribution in [1.29, 1.82) is 0 Å². The molecule has 0 radical (unpaired) electrons. The van der Waals surface area contributed by atoms with E-state index in [1.54, 1.807) is 0 Å². The Bertz CT molecular complexity index is 1280. The summed E-state index contributed by atoms with van der Waals surface area (Å²) in [5.41, 5.74) is 0. The van der Waals surface area contributed by atoms with E-state index >= 15 is 0 Å². The minimum Gasteiger partial charge on any atom is -0.462 e. The molecule has 0 bridgehead atoms. The van der Waals surface area contributed by atoms with Crippen molar-refractivity contribution < 1.29 is 28.6 Å². The molecule has 0 heterocycles. The molecule has 0 aromatic carbocycles. The highest BCUT2D eigenvalue weighted by molar-refractivity contribution is 5.71. The van der Waals surface area contributed by atoms with Crippen LogP contribution >= 0.6 is 0 Å². The maximum atomic E-state index is 13.0. The van der Waals surface area contributed by atoms with Crippen molar-refractivity contribution in [2.75, 3.05) is 13.2 Å². The molecule has 0 aromatic heterocycles. The van der Waals surface area contributed by atoms with E-state index in [2.05, 4.69) is 32.9 Å². The molecule has 0 aliphatic rings. The van der Waals surface area contributed by atoms with Crippen LogP contribution in [0.25, 0.3) is 0 Å². The van der Waals surface area contributed by atoms with E-state index < -0.39 is 6.10 Å². The molecule has 6 nitrogen and oxygen atoms in total. The fraction of sp³-hybridized carbons (Fsp3) is 0.934. The van der Waals surface area contributed by atoms with Gasteiger partial charge < -0.3 is 14.2 Å². The summed E-state index contributed by atoms with van der Waals surface area (Å²) in [4.78, 5) is 38.5. The van der Waals surface area contributed by atoms with E-state index in [1.807, 2.05) is 0 Å². The summed E-state index contributed by atoms with van der Waals surface area (Å²) in [6.07, 6.45) is 86.9. The third kappa shape index (κ3) is 68.9. The Hall–Kier alpha value is -1.85. The third-order valence-electron chi connectivity index (χ3n) is 17.5. The second kappa shape index (κ2) is 71.6. The van der Waals surface area contributed by atoms with E-state index in [0.717, 1.165) is 64.2 Å². The van der Waals surface area contributed by atoms with Crippen LogP contribution < -0.4 is 0 Å². The first-order valence-corrected chi connectivity index (χ1v) is 37.7. The zero-order valence-electron chi connectivity index (χ0n) is 56.1. The molecule has 0 aliphatic carbocycles. The highest BCUT2D eigenvalue weighted by atomic mass is 16.6. The number of hydrogen-bond donors (Lipinski definition) is 0. The number of allylic oxidation sites excluding steroid dienone is 2. The molecular formula is C76H146O6. The van der Waals surface area contributed by atoms with Gasteiger partial charge in [0.05, 0.1) is 0 Å². The highest BCUT2D eigenvalue weighted by Gasteiger charge is 2.20. The van der Waals surface area contributed by atoms with Gasteiger partial charge in [-0.1, -0.05) is 386 Å². The summed E-state index contributed by atoms with van der Waals surface area (Å²) in [7, 11) is 0. The number of carbonyl (C=O) groups excluding carboxylic acids is 3. The molecule has 486 valence electrons. The fourth-order valence-electron chi connectivity index (χ4n) is 11.9. The van der Waals surface area contributed by atoms with Gasteiger partial charge in [-0.25, -0.2) is 0 Å². The van der Waals surface area contributed by atoms with Crippen LogP contribution in [0.4, 0.5) is 0 Å². The second-order valence-electron chi connectivity index (χ2n) is 25.9. The van der Waals surface area contributed by atoms with E-state index in [0.29, 0.717) is 19.3 Å². The lowest BCUT2D eigenvalue weighted by Crippen LogP contribution is -2.30. The number of carbonyl (C=O) groups is 3. The second-order valence-corrected chi connectivity index (χ2v) is 25.9. The Kier molecular flexibility index (Phi) is 70.0. The molecule has 0 saturated heterocycles. The van der Waals surface area contributed by atoms with Crippen LogP contribution in [0.2, 0.25) is 0 Å². The van der Waals surface area contributed by atoms with Crippen LogP contribution in [-0.4, -0.2) is 37.2 Å². The molecule has 6 heteroatoms. The monoisotopic (exact) mass is 1160 g/mol. The Balaban J connectivity index is 4.19. The first kappa shape index (κ1) is 80.2. The van der Waals surface area contributed by atoms with Crippen molar-refractivity contribution in [3.8, 4) is 0 Å². The van der Waals surface area contributed by atoms with Crippen molar-refractivity contribution >= 4 is 17.9 Å². The molecule has 0 amide bonds. The molecule has 0 saturated carbocycles. The van der Waals surface area contributed by atoms with Gasteiger partial charge in [0.25, 0.3) is 0 Å². The number of hydrogen-bond acceptors (Lipinski definition) is 6. The smallest absolute Gasteiger partial charge is 0.306 e. The SMILES string of the molecule is CCCCCCC/C=C\CCCCCCCC(=O)OCC(COC(=O)CCCCCCCCCCCCCCCCCCCCCCCCCCCC)OC(=O)CCCCCCCCCCCCCCCCCCCCCCCCCC. The van der Waals surface area contributed by atoms with Crippen molar-refractivity contribution in [2.24, 2.45) is 0 Å². The molecule has 82 heavy (non-hydrogen) atoms. The van der Waals surface area contributed by atoms with Crippen LogP contribution in [-0.2, 0) is 28.6 Å². The minimum atomic E-state index is -0.770. The summed E-state index contributed by atoms with van der Waals surface area (Å²) in [5, 5.41) is 0. The van der Waals surface area contributed by atoms with Gasteiger partial charge in [0.2, 0.25) is 0 Å². The number of esters is 3. The highest BCUT2D eigenvalue weighted by Crippen LogP contribution is 2.20. The maximum absolute atomic E-state index is 13.0. The lowest BCUT2D eigenvalue weighted by atomic mass is 10.0. The van der Waals surface area contributed by atoms with Gasteiger partial charge in [0.1, 0.15) is 13.2 Å². The van der Waals surface area contributed by atoms with Gasteiger partial charge in [0.15, 0.2) is 6.10 Å². The standard InChI is InChI=1S/C76H146O6/c1-4-7-10-13-16-19-22-25-28-30-32-34-36-38-39-41-42-44-46-48-51-54-57-60-63-66-69-75(78)81-72-73(71-80-74(77)68-65-62-59-56-53-50-27-24-21-18-15-12-9-6-3)82-76(79)70-67-64-61-58-55-52-49-47-45-43-40-37-35-33-31-29-26-23-20-17-14-11-8-5-2/h24,27,73H,4-23,25-26,28-72H2,1-3H3/b27-24-. The average Bonchev–Trinajstić information content (AvgIpc) is 3.48. The molecular weight excluding hydrogens is 1010 g/mol. The van der Waals surface area contributed by atoms with Crippen molar-refractivity contribution in [3.05, 3.63) is 12.2 Å². The number of ether oxygens (including phenoxy) is 3. The summed E-state index contributed by atoms with van der Waals surface area (Å²) in [6, 6.07) is 0. The van der Waals surface area contributed by atoms with E-state index in [4.69, 9.17) is 14.2 Å². The molecule has 0 N–H and O–H groups in total. The van der Waals surface area contributed by atoms with E-state index in [-0.39, 0.29) is 31.1 Å². The molecule has 0 fully saturated rings. The quantitative estimate of drug-likeness (QED) is 0.0261. The van der Waals surface area contributed by atoms with Gasteiger partial charge in [0, 0.05) is 19.3 Å². The van der Waals surface area contributed by atoms with Gasteiger partial charge in [-0.05, 0) is 44.9 Å². The minimum absolute atomic E-state index is 0.0654.